The Hall–Kier alpha value is -3.78. The Morgan fingerprint density at radius 1 is 1.26 bits per heavy atom. The van der Waals surface area contributed by atoms with Crippen molar-refractivity contribution in [1.82, 2.24) is 5.32 Å². The number of ether oxygens (including phenoxy) is 3. The summed E-state index contributed by atoms with van der Waals surface area (Å²) in [4.78, 5) is 13.8. The molecule has 5 N–H and O–H groups in total. The fraction of sp³-hybridized carbons (Fsp3) is 0.130. The molecule has 0 saturated carbocycles. The number of fused-ring (bicyclic) bond motifs is 1. The van der Waals surface area contributed by atoms with Gasteiger partial charge in [-0.25, -0.2) is 0 Å². The molecule has 0 unspecified atom stereocenters. The van der Waals surface area contributed by atoms with E-state index in [1.54, 1.807) is 29.5 Å². The van der Waals surface area contributed by atoms with Crippen LogP contribution in [0.5, 0.6) is 17.2 Å². The number of allylic oxidation sites excluding steroid dienone is 1. The number of hydrogen-bond donors (Lipinski definition) is 3. The average molecular weight is 437 g/mol. The van der Waals surface area contributed by atoms with E-state index >= 15 is 0 Å². The van der Waals surface area contributed by atoms with E-state index in [0.717, 1.165) is 10.4 Å². The van der Waals surface area contributed by atoms with E-state index in [4.69, 9.17) is 25.4 Å². The summed E-state index contributed by atoms with van der Waals surface area (Å²) in [6, 6.07) is 12.8. The van der Waals surface area contributed by atoms with Gasteiger partial charge in [0.2, 0.25) is 12.5 Å². The molecular weight excluding hydrogens is 414 g/mol. The van der Waals surface area contributed by atoms with Crippen molar-refractivity contribution in [1.29, 1.82) is 0 Å². The van der Waals surface area contributed by atoms with E-state index in [0.29, 0.717) is 46.3 Å². The molecule has 0 aliphatic carbocycles. The predicted molar refractivity (Wildman–Crippen MR) is 121 cm³/mol. The average Bonchev–Trinajstić information content (AvgIpc) is 3.46. The molecule has 0 atom stereocenters. The maximum atomic E-state index is 12.8. The van der Waals surface area contributed by atoms with E-state index in [1.165, 1.54) is 7.11 Å². The van der Waals surface area contributed by atoms with Crippen LogP contribution in [0.4, 0.5) is 5.69 Å². The summed E-state index contributed by atoms with van der Waals surface area (Å²) in [7, 11) is 1.49. The summed E-state index contributed by atoms with van der Waals surface area (Å²) in [6.07, 6.45) is 3.55. The summed E-state index contributed by atoms with van der Waals surface area (Å²) >= 11 is 1.58. The molecule has 0 bridgehead atoms. The molecule has 158 valence electrons. The Balaban J connectivity index is 1.57. The molecule has 1 aromatic heterocycles. The molecule has 0 fully saturated rings. The normalized spacial score (nSPS) is 12.2. The third-order valence-electron chi connectivity index (χ3n) is 4.78. The van der Waals surface area contributed by atoms with Crippen molar-refractivity contribution in [3.05, 3.63) is 75.5 Å². The minimum absolute atomic E-state index is 0.214. The molecular formula is C23H22N3O4S+. The van der Waals surface area contributed by atoms with E-state index < -0.39 is 0 Å². The molecule has 2 heterocycles. The Labute approximate surface area is 183 Å². The highest BCUT2D eigenvalue weighted by molar-refractivity contribution is 7.09. The first kappa shape index (κ1) is 20.5. The van der Waals surface area contributed by atoms with Gasteiger partial charge < -0.3 is 25.3 Å². The highest BCUT2D eigenvalue weighted by Crippen LogP contribution is 2.33. The fourth-order valence-electron chi connectivity index (χ4n) is 3.25. The second kappa shape index (κ2) is 8.93. The van der Waals surface area contributed by atoms with Crippen LogP contribution in [-0.2, 0) is 6.54 Å². The Bertz CT molecular complexity index is 1160. The lowest BCUT2D eigenvalue weighted by molar-refractivity contribution is -0.111. The van der Waals surface area contributed by atoms with Crippen molar-refractivity contribution >= 4 is 34.7 Å². The molecule has 1 amide bonds. The van der Waals surface area contributed by atoms with Crippen LogP contribution in [-0.4, -0.2) is 25.5 Å². The lowest BCUT2D eigenvalue weighted by atomic mass is 10.0. The quantitative estimate of drug-likeness (QED) is 0.389. The van der Waals surface area contributed by atoms with Crippen molar-refractivity contribution in [2.75, 3.05) is 19.6 Å². The Kier molecular flexibility index (Phi) is 5.90. The van der Waals surface area contributed by atoms with Gasteiger partial charge in [-0.2, -0.15) is 0 Å². The number of nitrogens with one attached hydrogen (secondary N) is 1. The maximum Gasteiger partial charge on any atom is 0.255 e. The van der Waals surface area contributed by atoms with Crippen molar-refractivity contribution < 1.29 is 24.4 Å². The molecule has 3 aromatic rings. The third kappa shape index (κ3) is 4.39. The molecule has 2 aromatic carbocycles. The van der Waals surface area contributed by atoms with E-state index in [9.17, 15) is 4.79 Å². The van der Waals surface area contributed by atoms with Gasteiger partial charge in [0.25, 0.3) is 5.91 Å². The Morgan fingerprint density at radius 3 is 2.87 bits per heavy atom. The topological polar surface area (TPSA) is 108 Å². The number of amides is 1. The van der Waals surface area contributed by atoms with E-state index in [-0.39, 0.29) is 12.7 Å². The van der Waals surface area contributed by atoms with Gasteiger partial charge in [-0.15, -0.1) is 11.3 Å². The van der Waals surface area contributed by atoms with Crippen LogP contribution in [0.2, 0.25) is 0 Å². The van der Waals surface area contributed by atoms with Crippen molar-refractivity contribution in [3.8, 4) is 17.2 Å². The van der Waals surface area contributed by atoms with Crippen molar-refractivity contribution in [3.63, 3.8) is 0 Å². The first-order valence-electron chi connectivity index (χ1n) is 9.54. The van der Waals surface area contributed by atoms with E-state index in [1.807, 2.05) is 41.8 Å². The molecule has 8 heteroatoms. The van der Waals surface area contributed by atoms with Gasteiger partial charge >= 0.3 is 0 Å². The zero-order valence-corrected chi connectivity index (χ0v) is 17.7. The number of nitrogens with two attached hydrogens (primary N) is 2. The van der Waals surface area contributed by atoms with Gasteiger partial charge in [0, 0.05) is 16.6 Å². The summed E-state index contributed by atoms with van der Waals surface area (Å²) < 4.78 is 16.3. The van der Waals surface area contributed by atoms with Crippen molar-refractivity contribution in [2.45, 2.75) is 6.54 Å². The number of carbonyl (C=O) groups is 1. The summed E-state index contributed by atoms with van der Waals surface area (Å²) in [5.74, 6) is 1.46. The summed E-state index contributed by atoms with van der Waals surface area (Å²) in [6.45, 7) is 0.647. The Morgan fingerprint density at radius 2 is 2.10 bits per heavy atom. The standard InChI is InChI=1S/C23H21N3O4S/c1-28-22-16(23(27)26-12-15-3-2-10-31-15)6-8-18(25)21(22)17(24)7-4-14-5-9-19-20(11-14)30-13-29-19/h2-11,24H,12-13,25H2,1H3,(H,26,27)/p+1/b7-4+,24-17?. The molecule has 1 aliphatic heterocycles. The van der Waals surface area contributed by atoms with Gasteiger partial charge in [0.1, 0.15) is 11.3 Å². The smallest absolute Gasteiger partial charge is 0.255 e. The van der Waals surface area contributed by atoms with Crippen LogP contribution in [0.1, 0.15) is 26.4 Å². The number of rotatable bonds is 7. The lowest BCUT2D eigenvalue weighted by Crippen LogP contribution is -2.40. The zero-order valence-electron chi connectivity index (χ0n) is 16.9. The van der Waals surface area contributed by atoms with Crippen LogP contribution in [0.25, 0.3) is 6.08 Å². The summed E-state index contributed by atoms with van der Waals surface area (Å²) in [5, 5.41) is 11.2. The number of anilines is 1. The lowest BCUT2D eigenvalue weighted by Gasteiger charge is -2.13. The van der Waals surface area contributed by atoms with Crippen LogP contribution in [0, 0.1) is 0 Å². The number of carbonyl (C=O) groups excluding carboxylic acids is 1. The largest absolute Gasteiger partial charge is 0.495 e. The molecule has 4 rings (SSSR count). The van der Waals surface area contributed by atoms with Crippen molar-refractivity contribution in [2.24, 2.45) is 0 Å². The highest BCUT2D eigenvalue weighted by atomic mass is 32.1. The number of nitrogen functional groups attached to an aromatic ring is 1. The first-order valence-corrected chi connectivity index (χ1v) is 10.4. The number of methoxy groups -OCH3 is 1. The van der Waals surface area contributed by atoms with Crippen LogP contribution < -0.4 is 30.7 Å². The third-order valence-corrected chi connectivity index (χ3v) is 5.66. The SMILES string of the molecule is COc1c(C(=O)NCc2cccs2)ccc(N)c1C(=[NH2+])/C=C/c1ccc2c(c1)OCO2. The van der Waals surface area contributed by atoms with E-state index in [2.05, 4.69) is 5.32 Å². The van der Waals surface area contributed by atoms with Crippen LogP contribution in [0.15, 0.2) is 53.9 Å². The monoisotopic (exact) mass is 436 g/mol. The zero-order chi connectivity index (χ0) is 21.8. The molecule has 31 heavy (non-hydrogen) atoms. The van der Waals surface area contributed by atoms with Crippen LogP contribution >= 0.6 is 11.3 Å². The van der Waals surface area contributed by atoms with Gasteiger partial charge in [0.05, 0.1) is 19.2 Å². The van der Waals surface area contributed by atoms with Gasteiger partial charge in [-0.1, -0.05) is 12.1 Å². The molecule has 7 nitrogen and oxygen atoms in total. The van der Waals surface area contributed by atoms with Gasteiger partial charge in [-0.05, 0) is 47.4 Å². The number of thiophene rings is 1. The molecule has 0 spiro atoms. The molecule has 0 saturated heterocycles. The number of benzene rings is 2. The van der Waals surface area contributed by atoms with Crippen LogP contribution in [0.3, 0.4) is 0 Å². The minimum Gasteiger partial charge on any atom is -0.495 e. The second-order valence-electron chi connectivity index (χ2n) is 6.77. The fourth-order valence-corrected chi connectivity index (χ4v) is 3.89. The van der Waals surface area contributed by atoms with Gasteiger partial charge in [-0.3, -0.25) is 10.2 Å². The second-order valence-corrected chi connectivity index (χ2v) is 7.81. The van der Waals surface area contributed by atoms with Gasteiger partial charge in [0.15, 0.2) is 11.5 Å². The molecule has 1 aliphatic rings. The minimum atomic E-state index is -0.265. The summed E-state index contributed by atoms with van der Waals surface area (Å²) in [5.41, 5.74) is 8.69. The molecule has 0 radical (unpaired) electrons. The highest BCUT2D eigenvalue weighted by Gasteiger charge is 2.22. The first-order chi connectivity index (χ1) is 15.1. The number of hydrogen-bond acceptors (Lipinski definition) is 6. The predicted octanol–water partition coefficient (Wildman–Crippen LogP) is 2.26. The maximum absolute atomic E-state index is 12.8.